The van der Waals surface area contributed by atoms with Crippen LogP contribution in [0.1, 0.15) is 27.0 Å². The normalized spacial score (nSPS) is 14.5. The van der Waals surface area contributed by atoms with Crippen LogP contribution in [-0.4, -0.2) is 19.1 Å². The fourth-order valence-electron chi connectivity index (χ4n) is 2.99. The average Bonchev–Trinajstić information content (AvgIpc) is 3.07. The van der Waals surface area contributed by atoms with E-state index in [1.807, 2.05) is 12.1 Å². The summed E-state index contributed by atoms with van der Waals surface area (Å²) in [7, 11) is 0. The van der Waals surface area contributed by atoms with Crippen LogP contribution in [0, 0.1) is 0 Å². The third-order valence-electron chi connectivity index (χ3n) is 4.17. The van der Waals surface area contributed by atoms with Crippen molar-refractivity contribution in [3.8, 4) is 11.5 Å². The number of halogens is 1. The first-order chi connectivity index (χ1) is 11.3. The van der Waals surface area contributed by atoms with Gasteiger partial charge in [-0.05, 0) is 28.8 Å². The van der Waals surface area contributed by atoms with Gasteiger partial charge in [-0.3, -0.25) is 4.79 Å². The molecule has 0 saturated heterocycles. The molecule has 126 valence electrons. The highest BCUT2D eigenvalue weighted by molar-refractivity contribution is 5.97. The minimum Gasteiger partial charge on any atom is -0.486 e. The fraction of sp³-hybridized carbons (Fsp3) is 0.278. The van der Waals surface area contributed by atoms with E-state index in [9.17, 15) is 4.79 Å². The van der Waals surface area contributed by atoms with E-state index in [1.165, 1.54) is 11.1 Å². The van der Waals surface area contributed by atoms with E-state index >= 15 is 0 Å². The van der Waals surface area contributed by atoms with Gasteiger partial charge in [0, 0.05) is 19.6 Å². The van der Waals surface area contributed by atoms with E-state index in [0.717, 1.165) is 18.7 Å². The number of nitrogens with one attached hydrogen (secondary N) is 2. The number of benzene rings is 2. The van der Waals surface area contributed by atoms with Crippen molar-refractivity contribution in [2.45, 2.75) is 19.6 Å². The summed E-state index contributed by atoms with van der Waals surface area (Å²) in [4.78, 5) is 12.5. The summed E-state index contributed by atoms with van der Waals surface area (Å²) in [5.74, 6) is 1.02. The van der Waals surface area contributed by atoms with Gasteiger partial charge in [0.1, 0.15) is 13.2 Å². The summed E-state index contributed by atoms with van der Waals surface area (Å²) < 4.78 is 11.1. The minimum atomic E-state index is -0.147. The molecular weight excluding hydrogens is 328 g/mol. The molecule has 0 aromatic heterocycles. The number of ether oxygens (including phenoxy) is 2. The Morgan fingerprint density at radius 2 is 1.92 bits per heavy atom. The first-order valence-electron chi connectivity index (χ1n) is 7.79. The molecule has 2 aliphatic rings. The summed E-state index contributed by atoms with van der Waals surface area (Å²) in [6.45, 7) is 3.30. The van der Waals surface area contributed by atoms with Crippen LogP contribution >= 0.6 is 12.4 Å². The molecule has 0 radical (unpaired) electrons. The Morgan fingerprint density at radius 3 is 2.83 bits per heavy atom. The number of hydrogen-bond acceptors (Lipinski definition) is 4. The van der Waals surface area contributed by atoms with Crippen molar-refractivity contribution in [2.75, 3.05) is 13.2 Å². The molecule has 0 bridgehead atoms. The lowest BCUT2D eigenvalue weighted by molar-refractivity contribution is 0.0940. The van der Waals surface area contributed by atoms with Gasteiger partial charge >= 0.3 is 0 Å². The fourth-order valence-corrected chi connectivity index (χ4v) is 2.99. The number of amides is 1. The second-order valence-electron chi connectivity index (χ2n) is 5.72. The van der Waals surface area contributed by atoms with Crippen molar-refractivity contribution in [3.63, 3.8) is 0 Å². The van der Waals surface area contributed by atoms with Crippen molar-refractivity contribution in [1.29, 1.82) is 0 Å². The summed E-state index contributed by atoms with van der Waals surface area (Å²) >= 11 is 0. The Balaban J connectivity index is 0.00000169. The van der Waals surface area contributed by atoms with Crippen molar-refractivity contribution in [3.05, 3.63) is 58.7 Å². The lowest BCUT2D eigenvalue weighted by Gasteiger charge is -2.20. The minimum absolute atomic E-state index is 0. The van der Waals surface area contributed by atoms with Crippen molar-refractivity contribution < 1.29 is 14.3 Å². The van der Waals surface area contributed by atoms with Crippen molar-refractivity contribution in [1.82, 2.24) is 10.6 Å². The predicted octanol–water partition coefficient (Wildman–Crippen LogP) is 2.41. The number of carbonyl (C=O) groups is 1. The molecule has 2 aromatic rings. The Labute approximate surface area is 146 Å². The van der Waals surface area contributed by atoms with E-state index in [1.54, 1.807) is 6.07 Å². The zero-order valence-electron chi connectivity index (χ0n) is 13.1. The molecule has 2 heterocycles. The van der Waals surface area contributed by atoms with Crippen LogP contribution in [0.2, 0.25) is 0 Å². The van der Waals surface area contributed by atoms with Crippen LogP contribution in [0.15, 0.2) is 36.4 Å². The van der Waals surface area contributed by atoms with E-state index < -0.39 is 0 Å². The highest BCUT2D eigenvalue weighted by atomic mass is 35.5. The van der Waals surface area contributed by atoms with Gasteiger partial charge in [0.25, 0.3) is 5.91 Å². The third kappa shape index (κ3) is 3.18. The van der Waals surface area contributed by atoms with Crippen LogP contribution in [-0.2, 0) is 19.6 Å². The number of para-hydroxylation sites is 1. The molecule has 1 amide bonds. The van der Waals surface area contributed by atoms with Gasteiger partial charge in [-0.25, -0.2) is 0 Å². The average molecular weight is 347 g/mol. The maximum Gasteiger partial charge on any atom is 0.255 e. The molecule has 4 rings (SSSR count). The smallest absolute Gasteiger partial charge is 0.255 e. The molecule has 0 spiro atoms. The molecule has 0 fully saturated rings. The summed E-state index contributed by atoms with van der Waals surface area (Å²) in [6.07, 6.45) is 0. The molecule has 0 unspecified atom stereocenters. The SMILES string of the molecule is Cl.O=C(NCc1ccc2c(c1)CNC2)c1cccc2c1OCCO2. The highest BCUT2D eigenvalue weighted by Gasteiger charge is 2.20. The van der Waals surface area contributed by atoms with Gasteiger partial charge in [-0.1, -0.05) is 24.3 Å². The molecule has 5 nitrogen and oxygen atoms in total. The standard InChI is InChI=1S/C18H18N2O3.ClH/c21-18(15-2-1-3-16-17(15)23-7-6-22-16)20-9-12-4-5-13-10-19-11-14(13)8-12;/h1-5,8,19H,6-7,9-11H2,(H,20,21);1H. The lowest BCUT2D eigenvalue weighted by Crippen LogP contribution is -2.25. The first kappa shape index (κ1) is 16.6. The third-order valence-corrected chi connectivity index (χ3v) is 4.17. The maximum atomic E-state index is 12.5. The lowest BCUT2D eigenvalue weighted by atomic mass is 10.1. The second kappa shape index (κ2) is 7.11. The number of hydrogen-bond donors (Lipinski definition) is 2. The molecule has 2 aromatic carbocycles. The van der Waals surface area contributed by atoms with E-state index in [-0.39, 0.29) is 18.3 Å². The highest BCUT2D eigenvalue weighted by Crippen LogP contribution is 2.33. The molecular formula is C18H19ClN2O3. The molecule has 6 heteroatoms. The zero-order valence-corrected chi connectivity index (χ0v) is 13.9. The summed E-state index contributed by atoms with van der Waals surface area (Å²) in [6, 6.07) is 11.7. The van der Waals surface area contributed by atoms with Gasteiger partial charge in [0.2, 0.25) is 0 Å². The van der Waals surface area contributed by atoms with Crippen LogP contribution in [0.5, 0.6) is 11.5 Å². The Kier molecular flexibility index (Phi) is 4.92. The van der Waals surface area contributed by atoms with E-state index in [2.05, 4.69) is 28.8 Å². The van der Waals surface area contributed by atoms with E-state index in [0.29, 0.717) is 36.8 Å². The number of carbonyl (C=O) groups excluding carboxylic acids is 1. The van der Waals surface area contributed by atoms with E-state index in [4.69, 9.17) is 9.47 Å². The molecule has 2 N–H and O–H groups in total. The Bertz CT molecular complexity index is 764. The molecule has 0 aliphatic carbocycles. The number of rotatable bonds is 3. The van der Waals surface area contributed by atoms with Gasteiger partial charge < -0.3 is 20.1 Å². The monoisotopic (exact) mass is 346 g/mol. The summed E-state index contributed by atoms with van der Waals surface area (Å²) in [5, 5.41) is 6.28. The van der Waals surface area contributed by atoms with Gasteiger partial charge in [-0.2, -0.15) is 0 Å². The van der Waals surface area contributed by atoms with Crippen LogP contribution in [0.3, 0.4) is 0 Å². The van der Waals surface area contributed by atoms with Crippen molar-refractivity contribution in [2.24, 2.45) is 0 Å². The number of fused-ring (bicyclic) bond motifs is 2. The van der Waals surface area contributed by atoms with Crippen LogP contribution in [0.25, 0.3) is 0 Å². The Morgan fingerprint density at radius 1 is 1.08 bits per heavy atom. The largest absolute Gasteiger partial charge is 0.486 e. The zero-order chi connectivity index (χ0) is 15.6. The maximum absolute atomic E-state index is 12.5. The first-order valence-corrected chi connectivity index (χ1v) is 7.79. The molecule has 24 heavy (non-hydrogen) atoms. The van der Waals surface area contributed by atoms with Crippen LogP contribution < -0.4 is 20.1 Å². The quantitative estimate of drug-likeness (QED) is 0.896. The topological polar surface area (TPSA) is 59.6 Å². The second-order valence-corrected chi connectivity index (χ2v) is 5.72. The molecule has 0 saturated carbocycles. The predicted molar refractivity (Wildman–Crippen MR) is 92.8 cm³/mol. The molecule has 2 aliphatic heterocycles. The van der Waals surface area contributed by atoms with Crippen molar-refractivity contribution >= 4 is 18.3 Å². The van der Waals surface area contributed by atoms with Gasteiger partial charge in [0.15, 0.2) is 11.5 Å². The summed E-state index contributed by atoms with van der Waals surface area (Å²) in [5.41, 5.74) is 4.26. The van der Waals surface area contributed by atoms with Gasteiger partial charge in [0.05, 0.1) is 5.56 Å². The Hall–Kier alpha value is -2.24. The van der Waals surface area contributed by atoms with Crippen LogP contribution in [0.4, 0.5) is 0 Å². The van der Waals surface area contributed by atoms with Gasteiger partial charge in [-0.15, -0.1) is 12.4 Å². The molecule has 0 atom stereocenters.